The summed E-state index contributed by atoms with van der Waals surface area (Å²) < 4.78 is 22.4. The lowest BCUT2D eigenvalue weighted by atomic mass is 10.00. The molecular formula is C27H22FN3O4. The van der Waals surface area contributed by atoms with Gasteiger partial charge in [-0.2, -0.15) is 5.10 Å². The largest absolute Gasteiger partial charge is 0.478 e. The Morgan fingerprint density at radius 1 is 1.17 bits per heavy atom. The van der Waals surface area contributed by atoms with Crippen molar-refractivity contribution in [1.29, 1.82) is 0 Å². The molecule has 0 bridgehead atoms. The standard InChI is InChI=1S/C27H22FN3O4/c1-14-8-19(15(2)29-22-7-5-4-6-18(22)27(33)34)26-20(9-14)23(32)12-24(35-26)16-10-17-13-31(3)30-25(17)21(28)11-16/h4-13,15,29H,1-3H3,(H,33,34)/t15-/m1/s1. The van der Waals surface area contributed by atoms with E-state index in [2.05, 4.69) is 10.4 Å². The molecule has 0 aliphatic heterocycles. The molecule has 3 aromatic carbocycles. The van der Waals surface area contributed by atoms with E-state index >= 15 is 0 Å². The Hall–Kier alpha value is -4.46. The van der Waals surface area contributed by atoms with Crippen LogP contribution in [0.25, 0.3) is 33.2 Å². The number of aryl methyl sites for hydroxylation is 2. The molecule has 7 nitrogen and oxygen atoms in total. The lowest BCUT2D eigenvalue weighted by molar-refractivity contribution is 0.0698. The monoisotopic (exact) mass is 471 g/mol. The van der Waals surface area contributed by atoms with Crippen LogP contribution in [-0.4, -0.2) is 20.9 Å². The quantitative estimate of drug-likeness (QED) is 0.343. The lowest BCUT2D eigenvalue weighted by Gasteiger charge is -2.19. The van der Waals surface area contributed by atoms with Crippen LogP contribution < -0.4 is 10.7 Å². The van der Waals surface area contributed by atoms with Gasteiger partial charge in [0.25, 0.3) is 0 Å². The molecule has 0 spiro atoms. The van der Waals surface area contributed by atoms with E-state index in [9.17, 15) is 19.1 Å². The Morgan fingerprint density at radius 2 is 1.94 bits per heavy atom. The van der Waals surface area contributed by atoms with Crippen LogP contribution >= 0.6 is 0 Å². The summed E-state index contributed by atoms with van der Waals surface area (Å²) in [6.45, 7) is 3.74. The fraction of sp³-hybridized carbons (Fsp3) is 0.148. The molecule has 0 unspecified atom stereocenters. The van der Waals surface area contributed by atoms with Crippen LogP contribution in [0.2, 0.25) is 0 Å². The van der Waals surface area contributed by atoms with Crippen LogP contribution in [0.5, 0.6) is 0 Å². The minimum Gasteiger partial charge on any atom is -0.478 e. The number of carboxylic acids is 1. The molecule has 0 saturated heterocycles. The van der Waals surface area contributed by atoms with Gasteiger partial charge in [-0.05, 0) is 49.7 Å². The normalized spacial score (nSPS) is 12.2. The van der Waals surface area contributed by atoms with Crippen molar-refractivity contribution in [3.8, 4) is 11.3 Å². The third-order valence-electron chi connectivity index (χ3n) is 5.96. The van der Waals surface area contributed by atoms with Gasteiger partial charge in [0, 0.05) is 41.5 Å². The van der Waals surface area contributed by atoms with E-state index in [4.69, 9.17) is 4.42 Å². The first-order chi connectivity index (χ1) is 16.7. The third kappa shape index (κ3) is 4.03. The van der Waals surface area contributed by atoms with Crippen molar-refractivity contribution in [2.24, 2.45) is 7.05 Å². The zero-order chi connectivity index (χ0) is 24.9. The van der Waals surface area contributed by atoms with Crippen molar-refractivity contribution in [2.75, 3.05) is 5.32 Å². The van der Waals surface area contributed by atoms with E-state index in [1.54, 1.807) is 43.6 Å². The number of aromatic carboxylic acids is 1. The number of para-hydroxylation sites is 1. The lowest BCUT2D eigenvalue weighted by Crippen LogP contribution is -2.12. The zero-order valence-electron chi connectivity index (χ0n) is 19.3. The highest BCUT2D eigenvalue weighted by Gasteiger charge is 2.19. The van der Waals surface area contributed by atoms with Crippen molar-refractivity contribution >= 4 is 33.5 Å². The molecule has 5 aromatic rings. The highest BCUT2D eigenvalue weighted by molar-refractivity contribution is 5.94. The average Bonchev–Trinajstić information content (AvgIpc) is 3.20. The van der Waals surface area contributed by atoms with Crippen LogP contribution in [0.1, 0.15) is 34.5 Å². The van der Waals surface area contributed by atoms with E-state index in [0.717, 1.165) is 5.56 Å². The molecule has 0 saturated carbocycles. The predicted octanol–water partition coefficient (Wildman–Crippen LogP) is 5.67. The van der Waals surface area contributed by atoms with Crippen molar-refractivity contribution in [3.63, 3.8) is 0 Å². The molecule has 8 heteroatoms. The van der Waals surface area contributed by atoms with Crippen molar-refractivity contribution in [2.45, 2.75) is 19.9 Å². The summed E-state index contributed by atoms with van der Waals surface area (Å²) in [7, 11) is 1.71. The molecule has 35 heavy (non-hydrogen) atoms. The molecule has 2 aromatic heterocycles. The van der Waals surface area contributed by atoms with Gasteiger partial charge in [-0.1, -0.05) is 18.2 Å². The van der Waals surface area contributed by atoms with Crippen LogP contribution in [-0.2, 0) is 7.05 Å². The number of anilines is 1. The molecular weight excluding hydrogens is 449 g/mol. The number of nitrogens with zero attached hydrogens (tertiary/aromatic N) is 2. The van der Waals surface area contributed by atoms with Gasteiger partial charge in [0.05, 0.1) is 17.0 Å². The van der Waals surface area contributed by atoms with Crippen LogP contribution in [0.3, 0.4) is 0 Å². The summed E-state index contributed by atoms with van der Waals surface area (Å²) in [5, 5.41) is 17.9. The summed E-state index contributed by atoms with van der Waals surface area (Å²) in [6, 6.07) is 14.2. The molecule has 5 rings (SSSR count). The first-order valence-corrected chi connectivity index (χ1v) is 11.0. The van der Waals surface area contributed by atoms with Gasteiger partial charge in [0.15, 0.2) is 11.2 Å². The number of halogens is 1. The molecule has 0 aliphatic rings. The molecule has 1 atom stereocenters. The Bertz CT molecular complexity index is 1690. The zero-order valence-corrected chi connectivity index (χ0v) is 19.3. The van der Waals surface area contributed by atoms with Crippen molar-refractivity contribution in [3.05, 3.63) is 93.5 Å². The van der Waals surface area contributed by atoms with Crippen molar-refractivity contribution < 1.29 is 18.7 Å². The van der Waals surface area contributed by atoms with Crippen LogP contribution in [0, 0.1) is 12.7 Å². The number of carboxylic acid groups (broad SMARTS) is 1. The van der Waals surface area contributed by atoms with Gasteiger partial charge in [0.2, 0.25) is 0 Å². The minimum absolute atomic E-state index is 0.138. The SMILES string of the molecule is Cc1cc([C@@H](C)Nc2ccccc2C(=O)O)c2oc(-c3cc(F)c4nn(C)cc4c3)cc(=O)c2c1. The van der Waals surface area contributed by atoms with Crippen LogP contribution in [0.4, 0.5) is 10.1 Å². The highest BCUT2D eigenvalue weighted by Crippen LogP contribution is 2.32. The Morgan fingerprint density at radius 3 is 2.71 bits per heavy atom. The molecule has 0 amide bonds. The Kier molecular flexibility index (Phi) is 5.36. The Balaban J connectivity index is 1.66. The summed E-state index contributed by atoms with van der Waals surface area (Å²) in [6.07, 6.45) is 1.70. The number of rotatable bonds is 5. The Labute approximate surface area is 199 Å². The number of benzene rings is 3. The number of carbonyl (C=O) groups is 1. The maximum atomic E-state index is 14.7. The molecule has 0 radical (unpaired) electrons. The van der Waals surface area contributed by atoms with Crippen LogP contribution in [0.15, 0.2) is 70.0 Å². The molecule has 0 aliphatic carbocycles. The van der Waals surface area contributed by atoms with E-state index in [0.29, 0.717) is 33.2 Å². The highest BCUT2D eigenvalue weighted by atomic mass is 19.1. The summed E-state index contributed by atoms with van der Waals surface area (Å²) in [4.78, 5) is 24.7. The topological polar surface area (TPSA) is 97.4 Å². The van der Waals surface area contributed by atoms with E-state index in [1.165, 1.54) is 22.9 Å². The van der Waals surface area contributed by atoms with Gasteiger partial charge >= 0.3 is 5.97 Å². The number of hydrogen-bond donors (Lipinski definition) is 2. The third-order valence-corrected chi connectivity index (χ3v) is 5.96. The first kappa shape index (κ1) is 22.3. The predicted molar refractivity (Wildman–Crippen MR) is 132 cm³/mol. The second kappa shape index (κ2) is 8.39. The van der Waals surface area contributed by atoms with E-state index in [-0.39, 0.29) is 22.3 Å². The van der Waals surface area contributed by atoms with Gasteiger partial charge in [-0.25, -0.2) is 9.18 Å². The van der Waals surface area contributed by atoms with Crippen molar-refractivity contribution in [1.82, 2.24) is 9.78 Å². The fourth-order valence-electron chi connectivity index (χ4n) is 4.36. The summed E-state index contributed by atoms with van der Waals surface area (Å²) >= 11 is 0. The summed E-state index contributed by atoms with van der Waals surface area (Å²) in [5.41, 5.74) is 2.89. The molecule has 2 N–H and O–H groups in total. The maximum Gasteiger partial charge on any atom is 0.337 e. The number of hydrogen-bond acceptors (Lipinski definition) is 5. The molecule has 2 heterocycles. The second-order valence-corrected chi connectivity index (χ2v) is 8.62. The van der Waals surface area contributed by atoms with E-state index < -0.39 is 17.8 Å². The van der Waals surface area contributed by atoms with E-state index in [1.807, 2.05) is 19.9 Å². The van der Waals surface area contributed by atoms with Gasteiger partial charge in [-0.3, -0.25) is 9.48 Å². The van der Waals surface area contributed by atoms with Gasteiger partial charge in [-0.15, -0.1) is 0 Å². The second-order valence-electron chi connectivity index (χ2n) is 8.62. The minimum atomic E-state index is -1.05. The smallest absolute Gasteiger partial charge is 0.337 e. The van der Waals surface area contributed by atoms with Gasteiger partial charge < -0.3 is 14.8 Å². The maximum absolute atomic E-state index is 14.7. The number of nitrogens with one attached hydrogen (secondary N) is 1. The van der Waals surface area contributed by atoms with Gasteiger partial charge in [0.1, 0.15) is 16.9 Å². The average molecular weight is 471 g/mol. The summed E-state index contributed by atoms with van der Waals surface area (Å²) in [5.74, 6) is -1.32. The number of fused-ring (bicyclic) bond motifs is 2. The fourth-order valence-corrected chi connectivity index (χ4v) is 4.36. The number of aromatic nitrogens is 2. The first-order valence-electron chi connectivity index (χ1n) is 11.0. The molecule has 176 valence electrons. The molecule has 0 fully saturated rings.